The van der Waals surface area contributed by atoms with Crippen molar-refractivity contribution < 1.29 is 9.90 Å². The van der Waals surface area contributed by atoms with Crippen LogP contribution in [0.25, 0.3) is 0 Å². The van der Waals surface area contributed by atoms with Crippen molar-refractivity contribution in [2.45, 2.75) is 45.1 Å². The monoisotopic (exact) mass is 400 g/mol. The summed E-state index contributed by atoms with van der Waals surface area (Å²) in [5.41, 5.74) is 5.80. The van der Waals surface area contributed by atoms with Crippen LogP contribution in [0.4, 0.5) is 11.5 Å². The number of nitrogens with one attached hydrogen (secondary N) is 1. The first-order valence-electron chi connectivity index (χ1n) is 10.1. The fourth-order valence-corrected chi connectivity index (χ4v) is 3.89. The molecule has 2 aromatic rings. The summed E-state index contributed by atoms with van der Waals surface area (Å²) < 4.78 is 1.27. The van der Waals surface area contributed by atoms with Crippen LogP contribution in [0.15, 0.2) is 39.9 Å². The van der Waals surface area contributed by atoms with E-state index in [1.54, 1.807) is 0 Å². The van der Waals surface area contributed by atoms with E-state index in [2.05, 4.69) is 4.98 Å². The van der Waals surface area contributed by atoms with Crippen LogP contribution in [0.1, 0.15) is 44.1 Å². The molecule has 1 aromatic carbocycles. The Morgan fingerprint density at radius 1 is 1.17 bits per heavy atom. The quantitative estimate of drug-likeness (QED) is 0.650. The van der Waals surface area contributed by atoms with Gasteiger partial charge in [-0.05, 0) is 24.8 Å². The molecule has 0 aliphatic heterocycles. The Labute approximate surface area is 169 Å². The molecule has 0 bridgehead atoms. The summed E-state index contributed by atoms with van der Waals surface area (Å²) in [6.07, 6.45) is 4.92. The van der Waals surface area contributed by atoms with Gasteiger partial charge in [-0.3, -0.25) is 19.1 Å². The Morgan fingerprint density at radius 3 is 2.52 bits per heavy atom. The molecule has 0 atom stereocenters. The highest BCUT2D eigenvalue weighted by Gasteiger charge is 2.30. The number of rotatable bonds is 7. The van der Waals surface area contributed by atoms with Crippen molar-refractivity contribution in [3.63, 3.8) is 0 Å². The average molecular weight is 400 g/mol. The second-order valence-electron chi connectivity index (χ2n) is 7.47. The number of aliphatic hydroxyl groups is 1. The predicted octanol–water partition coefficient (Wildman–Crippen LogP) is 1.46. The summed E-state index contributed by atoms with van der Waals surface area (Å²) in [6.45, 7) is 0.235. The van der Waals surface area contributed by atoms with E-state index in [-0.39, 0.29) is 43.0 Å². The van der Waals surface area contributed by atoms with Gasteiger partial charge in [-0.15, -0.1) is 0 Å². The number of aromatic nitrogens is 2. The lowest BCUT2D eigenvalue weighted by molar-refractivity contribution is -0.123. The molecular formula is C21H28N4O4. The maximum atomic E-state index is 13.2. The Hall–Kier alpha value is -2.87. The highest BCUT2D eigenvalue weighted by molar-refractivity contribution is 5.97. The number of carbonyl (C=O) groups excluding carboxylic acids is 1. The van der Waals surface area contributed by atoms with Gasteiger partial charge in [0.05, 0.1) is 6.54 Å². The molecule has 1 aliphatic carbocycles. The second kappa shape index (κ2) is 9.56. The van der Waals surface area contributed by atoms with E-state index in [0.717, 1.165) is 37.7 Å². The lowest BCUT2D eigenvalue weighted by Gasteiger charge is -2.30. The number of hydrogen-bond donors (Lipinski definition) is 3. The number of anilines is 2. The number of amides is 1. The van der Waals surface area contributed by atoms with Gasteiger partial charge in [-0.1, -0.05) is 49.6 Å². The molecule has 0 radical (unpaired) electrons. The van der Waals surface area contributed by atoms with Gasteiger partial charge >= 0.3 is 5.69 Å². The summed E-state index contributed by atoms with van der Waals surface area (Å²) in [7, 11) is 0. The van der Waals surface area contributed by atoms with Crippen LogP contribution in [0.2, 0.25) is 0 Å². The summed E-state index contributed by atoms with van der Waals surface area (Å²) in [5.74, 6) is -0.374. The number of nitrogen functional groups attached to an aromatic ring is 1. The molecule has 3 rings (SSSR count). The van der Waals surface area contributed by atoms with Crippen molar-refractivity contribution in [1.82, 2.24) is 9.55 Å². The van der Waals surface area contributed by atoms with Gasteiger partial charge in [0.2, 0.25) is 5.91 Å². The highest BCUT2D eigenvalue weighted by atomic mass is 16.3. The molecule has 8 nitrogen and oxygen atoms in total. The minimum atomic E-state index is -0.682. The molecule has 1 amide bonds. The largest absolute Gasteiger partial charge is 0.396 e. The van der Waals surface area contributed by atoms with Crippen LogP contribution >= 0.6 is 0 Å². The fraction of sp³-hybridized carbons (Fsp3) is 0.476. The topological polar surface area (TPSA) is 121 Å². The first kappa shape index (κ1) is 20.9. The van der Waals surface area contributed by atoms with Crippen molar-refractivity contribution in [2.75, 3.05) is 23.8 Å². The smallest absolute Gasteiger partial charge is 0.330 e. The molecular weight excluding hydrogens is 372 g/mol. The highest BCUT2D eigenvalue weighted by Crippen LogP contribution is 2.28. The zero-order chi connectivity index (χ0) is 20.8. The third kappa shape index (κ3) is 4.76. The SMILES string of the molecule is Nc1c(N(CCCO)C(=O)C2CCCCC2)c(=O)[nH]c(=O)n1Cc1ccccc1. The number of H-pyrrole nitrogens is 1. The number of nitrogens with zero attached hydrogens (tertiary/aromatic N) is 2. The molecule has 29 heavy (non-hydrogen) atoms. The van der Waals surface area contributed by atoms with Gasteiger partial charge < -0.3 is 15.7 Å². The third-order valence-corrected chi connectivity index (χ3v) is 5.43. The minimum Gasteiger partial charge on any atom is -0.396 e. The van der Waals surface area contributed by atoms with E-state index in [4.69, 9.17) is 5.73 Å². The maximum absolute atomic E-state index is 13.2. The fourth-order valence-electron chi connectivity index (χ4n) is 3.89. The van der Waals surface area contributed by atoms with E-state index < -0.39 is 11.2 Å². The first-order chi connectivity index (χ1) is 14.0. The van der Waals surface area contributed by atoms with E-state index in [9.17, 15) is 19.5 Å². The van der Waals surface area contributed by atoms with Gasteiger partial charge in [0.15, 0.2) is 5.69 Å². The molecule has 0 spiro atoms. The molecule has 1 aliphatic rings. The van der Waals surface area contributed by atoms with Crippen molar-refractivity contribution in [1.29, 1.82) is 0 Å². The Kier molecular flexibility index (Phi) is 6.87. The molecule has 156 valence electrons. The average Bonchev–Trinajstić information content (AvgIpc) is 2.74. The van der Waals surface area contributed by atoms with Crippen LogP contribution < -0.4 is 21.9 Å². The number of aliphatic hydroxyl groups excluding tert-OH is 1. The van der Waals surface area contributed by atoms with Crippen LogP contribution in [-0.2, 0) is 11.3 Å². The van der Waals surface area contributed by atoms with Crippen LogP contribution in [0.5, 0.6) is 0 Å². The van der Waals surface area contributed by atoms with Crippen molar-refractivity contribution in [3.8, 4) is 0 Å². The number of nitrogens with two attached hydrogens (primary N) is 1. The van der Waals surface area contributed by atoms with Crippen LogP contribution in [-0.4, -0.2) is 33.7 Å². The lowest BCUT2D eigenvalue weighted by atomic mass is 9.88. The van der Waals surface area contributed by atoms with Crippen molar-refractivity contribution >= 4 is 17.4 Å². The molecule has 1 fully saturated rings. The molecule has 8 heteroatoms. The number of benzene rings is 1. The van der Waals surface area contributed by atoms with Crippen LogP contribution in [0.3, 0.4) is 0 Å². The zero-order valence-electron chi connectivity index (χ0n) is 16.5. The van der Waals surface area contributed by atoms with E-state index in [1.165, 1.54) is 9.47 Å². The van der Waals surface area contributed by atoms with Gasteiger partial charge in [0, 0.05) is 19.1 Å². The summed E-state index contributed by atoms with van der Waals surface area (Å²) in [4.78, 5) is 41.9. The normalized spacial score (nSPS) is 14.7. The number of aromatic amines is 1. The standard InChI is InChI=1S/C21H28N4O4/c22-18-17(24(12-7-13-26)20(28)16-10-5-2-6-11-16)19(27)23-21(29)25(18)14-15-8-3-1-4-9-15/h1,3-4,8-9,16,26H,2,5-7,10-14,22H2,(H,23,27,29). The molecule has 0 unspecified atom stereocenters. The molecule has 4 N–H and O–H groups in total. The molecule has 1 aromatic heterocycles. The molecule has 1 heterocycles. The minimum absolute atomic E-state index is 0.00967. The summed E-state index contributed by atoms with van der Waals surface area (Å²) >= 11 is 0. The lowest BCUT2D eigenvalue weighted by Crippen LogP contribution is -2.44. The van der Waals surface area contributed by atoms with Crippen LogP contribution in [0, 0.1) is 5.92 Å². The van der Waals surface area contributed by atoms with E-state index in [0.29, 0.717) is 6.42 Å². The van der Waals surface area contributed by atoms with Gasteiger partial charge in [-0.2, -0.15) is 0 Å². The molecule has 0 saturated heterocycles. The Balaban J connectivity index is 2.02. The third-order valence-electron chi connectivity index (χ3n) is 5.43. The Bertz CT molecular complexity index is 945. The van der Waals surface area contributed by atoms with Gasteiger partial charge in [0.25, 0.3) is 5.56 Å². The van der Waals surface area contributed by atoms with Gasteiger partial charge in [-0.25, -0.2) is 4.79 Å². The maximum Gasteiger partial charge on any atom is 0.330 e. The first-order valence-corrected chi connectivity index (χ1v) is 10.1. The summed E-state index contributed by atoms with van der Waals surface area (Å²) in [5, 5.41) is 9.28. The number of hydrogen-bond acceptors (Lipinski definition) is 5. The van der Waals surface area contributed by atoms with E-state index in [1.807, 2.05) is 30.3 Å². The zero-order valence-corrected chi connectivity index (χ0v) is 16.5. The van der Waals surface area contributed by atoms with E-state index >= 15 is 0 Å². The van der Waals surface area contributed by atoms with Crippen molar-refractivity contribution in [2.24, 2.45) is 5.92 Å². The van der Waals surface area contributed by atoms with Gasteiger partial charge in [0.1, 0.15) is 5.82 Å². The Morgan fingerprint density at radius 2 is 1.86 bits per heavy atom. The number of carbonyl (C=O) groups is 1. The second-order valence-corrected chi connectivity index (χ2v) is 7.47. The van der Waals surface area contributed by atoms with Crippen molar-refractivity contribution in [3.05, 3.63) is 56.7 Å². The predicted molar refractivity (Wildman–Crippen MR) is 112 cm³/mol. The molecule has 1 saturated carbocycles. The summed E-state index contributed by atoms with van der Waals surface area (Å²) in [6, 6.07) is 9.28.